The molecule has 0 radical (unpaired) electrons. The summed E-state index contributed by atoms with van der Waals surface area (Å²) < 4.78 is 0. The van der Waals surface area contributed by atoms with Gasteiger partial charge < -0.3 is 0 Å². The summed E-state index contributed by atoms with van der Waals surface area (Å²) in [4.78, 5) is 0. The van der Waals surface area contributed by atoms with Crippen molar-refractivity contribution in [3.05, 3.63) is 12.2 Å². The molecule has 0 saturated heterocycles. The fourth-order valence-electron chi connectivity index (χ4n) is 1.39. The highest BCUT2D eigenvalue weighted by molar-refractivity contribution is 4.93. The van der Waals surface area contributed by atoms with E-state index in [4.69, 9.17) is 0 Å². The summed E-state index contributed by atoms with van der Waals surface area (Å²) in [5.74, 6) is 1.72. The lowest BCUT2D eigenvalue weighted by atomic mass is 9.87. The van der Waals surface area contributed by atoms with E-state index in [0.717, 1.165) is 11.8 Å². The standard InChI is InChI=1S/C9H16/c1-8(2)9-6-4-3-5-7-9/h4,6,8-9H,3,5,7H2,1-2H3. The van der Waals surface area contributed by atoms with Crippen molar-refractivity contribution in [2.45, 2.75) is 33.1 Å². The molecular formula is C9H16. The van der Waals surface area contributed by atoms with Gasteiger partial charge in [-0.15, -0.1) is 0 Å². The molecule has 0 spiro atoms. The van der Waals surface area contributed by atoms with Crippen LogP contribution in [0.2, 0.25) is 0 Å². The van der Waals surface area contributed by atoms with E-state index < -0.39 is 0 Å². The van der Waals surface area contributed by atoms with Crippen LogP contribution in [-0.2, 0) is 0 Å². The summed E-state index contributed by atoms with van der Waals surface area (Å²) >= 11 is 0. The Labute approximate surface area is 58.0 Å². The van der Waals surface area contributed by atoms with Gasteiger partial charge in [0, 0.05) is 0 Å². The smallest absolute Gasteiger partial charge is 0.0210 e. The molecule has 1 atom stereocenters. The lowest BCUT2D eigenvalue weighted by Gasteiger charge is -2.19. The fraction of sp³-hybridized carbons (Fsp3) is 0.778. The molecule has 0 aromatic carbocycles. The third-order valence-corrected chi connectivity index (χ3v) is 2.15. The molecule has 0 aliphatic heterocycles. The Morgan fingerprint density at radius 3 is 2.56 bits per heavy atom. The predicted molar refractivity (Wildman–Crippen MR) is 41.3 cm³/mol. The van der Waals surface area contributed by atoms with Crippen molar-refractivity contribution >= 4 is 0 Å². The van der Waals surface area contributed by atoms with E-state index in [1.54, 1.807) is 0 Å². The first-order valence-corrected chi connectivity index (χ1v) is 3.97. The molecule has 0 amide bonds. The highest BCUT2D eigenvalue weighted by Crippen LogP contribution is 2.23. The van der Waals surface area contributed by atoms with Crippen LogP contribution in [-0.4, -0.2) is 0 Å². The number of rotatable bonds is 1. The molecule has 0 aromatic rings. The second-order valence-corrected chi connectivity index (χ2v) is 3.27. The van der Waals surface area contributed by atoms with Crippen LogP contribution in [0, 0.1) is 11.8 Å². The Balaban J connectivity index is 2.40. The van der Waals surface area contributed by atoms with E-state index in [0.29, 0.717) is 0 Å². The molecule has 1 rings (SSSR count). The highest BCUT2D eigenvalue weighted by atomic mass is 14.2. The SMILES string of the molecule is CC(C)C1C=CCCC1. The van der Waals surface area contributed by atoms with Gasteiger partial charge in [0.25, 0.3) is 0 Å². The minimum Gasteiger partial charge on any atom is -0.0882 e. The maximum absolute atomic E-state index is 2.38. The quantitative estimate of drug-likeness (QED) is 0.471. The maximum atomic E-state index is 2.38. The van der Waals surface area contributed by atoms with Crippen molar-refractivity contribution in [1.29, 1.82) is 0 Å². The van der Waals surface area contributed by atoms with E-state index in [1.165, 1.54) is 19.3 Å². The summed E-state index contributed by atoms with van der Waals surface area (Å²) in [6.45, 7) is 4.61. The third-order valence-electron chi connectivity index (χ3n) is 2.15. The average Bonchev–Trinajstić information content (AvgIpc) is 1.90. The van der Waals surface area contributed by atoms with Crippen LogP contribution in [0.3, 0.4) is 0 Å². The minimum absolute atomic E-state index is 0.849. The average molecular weight is 124 g/mol. The zero-order chi connectivity index (χ0) is 6.69. The van der Waals surface area contributed by atoms with Gasteiger partial charge in [0.2, 0.25) is 0 Å². The van der Waals surface area contributed by atoms with Gasteiger partial charge >= 0.3 is 0 Å². The van der Waals surface area contributed by atoms with Crippen molar-refractivity contribution in [3.8, 4) is 0 Å². The highest BCUT2D eigenvalue weighted by Gasteiger charge is 2.10. The zero-order valence-corrected chi connectivity index (χ0v) is 6.43. The third kappa shape index (κ3) is 1.85. The van der Waals surface area contributed by atoms with E-state index in [1.807, 2.05) is 0 Å². The van der Waals surface area contributed by atoms with Crippen LogP contribution >= 0.6 is 0 Å². The van der Waals surface area contributed by atoms with Crippen LogP contribution < -0.4 is 0 Å². The largest absolute Gasteiger partial charge is 0.0882 e. The van der Waals surface area contributed by atoms with Gasteiger partial charge in [0.15, 0.2) is 0 Å². The molecule has 0 fully saturated rings. The van der Waals surface area contributed by atoms with Gasteiger partial charge in [-0.1, -0.05) is 26.0 Å². The van der Waals surface area contributed by atoms with Crippen molar-refractivity contribution in [1.82, 2.24) is 0 Å². The number of hydrogen-bond donors (Lipinski definition) is 0. The molecule has 1 aliphatic carbocycles. The molecule has 0 bridgehead atoms. The molecular weight excluding hydrogens is 108 g/mol. The van der Waals surface area contributed by atoms with Gasteiger partial charge in [-0.05, 0) is 31.1 Å². The van der Waals surface area contributed by atoms with Crippen LogP contribution in [0.4, 0.5) is 0 Å². The Hall–Kier alpha value is -0.260. The summed E-state index contributed by atoms with van der Waals surface area (Å²) in [5.41, 5.74) is 0. The summed E-state index contributed by atoms with van der Waals surface area (Å²) in [6.07, 6.45) is 8.83. The van der Waals surface area contributed by atoms with Gasteiger partial charge in [-0.25, -0.2) is 0 Å². The summed E-state index contributed by atoms with van der Waals surface area (Å²) in [7, 11) is 0. The molecule has 1 unspecified atom stereocenters. The second-order valence-electron chi connectivity index (χ2n) is 3.27. The van der Waals surface area contributed by atoms with Crippen LogP contribution in [0.1, 0.15) is 33.1 Å². The minimum atomic E-state index is 0.849. The number of hydrogen-bond acceptors (Lipinski definition) is 0. The van der Waals surface area contributed by atoms with Crippen molar-refractivity contribution < 1.29 is 0 Å². The first kappa shape index (κ1) is 6.85. The molecule has 0 heterocycles. The Morgan fingerprint density at radius 1 is 1.44 bits per heavy atom. The van der Waals surface area contributed by atoms with E-state index in [9.17, 15) is 0 Å². The molecule has 0 heteroatoms. The van der Waals surface area contributed by atoms with E-state index in [-0.39, 0.29) is 0 Å². The first-order valence-electron chi connectivity index (χ1n) is 3.97. The fourth-order valence-corrected chi connectivity index (χ4v) is 1.39. The van der Waals surface area contributed by atoms with Gasteiger partial charge in [-0.3, -0.25) is 0 Å². The molecule has 0 aromatic heterocycles. The Kier molecular flexibility index (Phi) is 2.32. The topological polar surface area (TPSA) is 0 Å². The summed E-state index contributed by atoms with van der Waals surface area (Å²) in [6, 6.07) is 0. The number of allylic oxidation sites excluding steroid dienone is 2. The lowest BCUT2D eigenvalue weighted by molar-refractivity contribution is 0.412. The van der Waals surface area contributed by atoms with Crippen molar-refractivity contribution in [2.75, 3.05) is 0 Å². The van der Waals surface area contributed by atoms with Gasteiger partial charge in [0.05, 0.1) is 0 Å². The van der Waals surface area contributed by atoms with Gasteiger partial charge in [-0.2, -0.15) is 0 Å². The molecule has 0 saturated carbocycles. The van der Waals surface area contributed by atoms with Crippen LogP contribution in [0.15, 0.2) is 12.2 Å². The molecule has 52 valence electrons. The molecule has 0 N–H and O–H groups in total. The van der Waals surface area contributed by atoms with Crippen LogP contribution in [0.25, 0.3) is 0 Å². The monoisotopic (exact) mass is 124 g/mol. The lowest BCUT2D eigenvalue weighted by Crippen LogP contribution is -2.07. The maximum Gasteiger partial charge on any atom is -0.0210 e. The van der Waals surface area contributed by atoms with Crippen LogP contribution in [0.5, 0.6) is 0 Å². The molecule has 0 nitrogen and oxygen atoms in total. The second kappa shape index (κ2) is 3.05. The molecule has 9 heavy (non-hydrogen) atoms. The van der Waals surface area contributed by atoms with E-state index >= 15 is 0 Å². The first-order chi connectivity index (χ1) is 4.30. The Bertz CT molecular complexity index is 101. The zero-order valence-electron chi connectivity index (χ0n) is 6.43. The normalized spacial score (nSPS) is 27.2. The summed E-state index contributed by atoms with van der Waals surface area (Å²) in [5, 5.41) is 0. The Morgan fingerprint density at radius 2 is 2.22 bits per heavy atom. The van der Waals surface area contributed by atoms with Crippen molar-refractivity contribution in [2.24, 2.45) is 11.8 Å². The molecule has 1 aliphatic rings. The van der Waals surface area contributed by atoms with Crippen molar-refractivity contribution in [3.63, 3.8) is 0 Å². The van der Waals surface area contributed by atoms with Gasteiger partial charge in [0.1, 0.15) is 0 Å². The predicted octanol–water partition coefficient (Wildman–Crippen LogP) is 3.00. The van der Waals surface area contributed by atoms with E-state index in [2.05, 4.69) is 26.0 Å².